The molecule has 0 heterocycles. The van der Waals surface area contributed by atoms with Crippen LogP contribution in [0.25, 0.3) is 0 Å². The maximum Gasteiger partial charge on any atom is 0.416 e. The van der Waals surface area contributed by atoms with Crippen molar-refractivity contribution in [3.63, 3.8) is 0 Å². The number of hydrogen-bond donors (Lipinski definition) is 1. The van der Waals surface area contributed by atoms with Crippen molar-refractivity contribution in [1.82, 2.24) is 0 Å². The molecule has 2 aromatic carbocycles. The number of anilines is 1. The lowest BCUT2D eigenvalue weighted by atomic mass is 10.2. The number of aliphatic carboxylic acids is 1. The highest BCUT2D eigenvalue weighted by Gasteiger charge is 2.32. The van der Waals surface area contributed by atoms with Crippen LogP contribution < -0.4 is 4.31 Å². The summed E-state index contributed by atoms with van der Waals surface area (Å²) in [6.45, 7) is -1.05. The van der Waals surface area contributed by atoms with E-state index in [9.17, 15) is 36.5 Å². The Balaban J connectivity index is 2.48. The van der Waals surface area contributed by atoms with E-state index in [1.165, 1.54) is 0 Å². The molecule has 1 N–H and O–H groups in total. The minimum absolute atomic E-state index is 0.302. The van der Waals surface area contributed by atoms with Crippen LogP contribution in [0.2, 0.25) is 0 Å². The molecule has 0 aliphatic carbocycles. The van der Waals surface area contributed by atoms with Crippen LogP contribution in [0.4, 0.5) is 24.5 Å². The van der Waals surface area contributed by atoms with Gasteiger partial charge in [-0.2, -0.15) is 13.2 Å². The first-order chi connectivity index (χ1) is 12.4. The monoisotopic (exact) mass is 404 g/mol. The van der Waals surface area contributed by atoms with Crippen molar-refractivity contribution in [2.24, 2.45) is 0 Å². The fourth-order valence-corrected chi connectivity index (χ4v) is 3.54. The lowest BCUT2D eigenvalue weighted by Gasteiger charge is -2.23. The maximum absolute atomic E-state index is 12.7. The van der Waals surface area contributed by atoms with Crippen molar-refractivity contribution in [3.8, 4) is 0 Å². The lowest BCUT2D eigenvalue weighted by molar-refractivity contribution is -0.384. The van der Waals surface area contributed by atoms with Gasteiger partial charge < -0.3 is 5.11 Å². The van der Waals surface area contributed by atoms with Gasteiger partial charge in [0, 0.05) is 12.1 Å². The van der Waals surface area contributed by atoms with E-state index >= 15 is 0 Å². The third kappa shape index (κ3) is 4.53. The molecule has 0 aliphatic heterocycles. The van der Waals surface area contributed by atoms with Crippen LogP contribution >= 0.6 is 0 Å². The number of carboxylic acid groups (broad SMARTS) is 1. The number of rotatable bonds is 6. The van der Waals surface area contributed by atoms with E-state index in [0.29, 0.717) is 16.4 Å². The second kappa shape index (κ2) is 7.23. The average Bonchev–Trinajstić information content (AvgIpc) is 2.59. The highest BCUT2D eigenvalue weighted by atomic mass is 32.2. The molecule has 0 saturated carbocycles. The smallest absolute Gasteiger partial charge is 0.416 e. The van der Waals surface area contributed by atoms with Crippen LogP contribution in [0.1, 0.15) is 5.56 Å². The Hall–Kier alpha value is -3.15. The Bertz CT molecular complexity index is 957. The molecule has 0 unspecified atom stereocenters. The third-order valence-corrected chi connectivity index (χ3v) is 5.19. The second-order valence-corrected chi connectivity index (χ2v) is 7.06. The predicted molar refractivity (Wildman–Crippen MR) is 86.7 cm³/mol. The molecule has 2 aromatic rings. The summed E-state index contributed by atoms with van der Waals surface area (Å²) in [6.07, 6.45) is -4.65. The Morgan fingerprint density at radius 1 is 1.07 bits per heavy atom. The van der Waals surface area contributed by atoms with Gasteiger partial charge in [-0.15, -0.1) is 0 Å². The van der Waals surface area contributed by atoms with Gasteiger partial charge in [-0.05, 0) is 36.4 Å². The minimum atomic E-state index is -4.65. The Labute approximate surface area is 150 Å². The summed E-state index contributed by atoms with van der Waals surface area (Å²) in [4.78, 5) is 20.5. The molecule has 0 aromatic heterocycles. The third-order valence-electron chi connectivity index (χ3n) is 3.40. The topological polar surface area (TPSA) is 118 Å². The predicted octanol–water partition coefficient (Wildman–Crippen LogP) is 2.89. The fraction of sp³-hybridized carbons (Fsp3) is 0.133. The van der Waals surface area contributed by atoms with Gasteiger partial charge in [0.15, 0.2) is 0 Å². The van der Waals surface area contributed by atoms with Gasteiger partial charge in [0.1, 0.15) is 6.54 Å². The first-order valence-corrected chi connectivity index (χ1v) is 8.53. The number of non-ortho nitro benzene ring substituents is 1. The molecule has 27 heavy (non-hydrogen) atoms. The molecule has 0 radical (unpaired) electrons. The van der Waals surface area contributed by atoms with E-state index in [1.54, 1.807) is 0 Å². The van der Waals surface area contributed by atoms with Crippen molar-refractivity contribution >= 4 is 27.4 Å². The summed E-state index contributed by atoms with van der Waals surface area (Å²) < 4.78 is 63.8. The van der Waals surface area contributed by atoms with Gasteiger partial charge in [0.2, 0.25) is 0 Å². The average molecular weight is 404 g/mol. The van der Waals surface area contributed by atoms with Crippen LogP contribution in [0, 0.1) is 10.1 Å². The first-order valence-electron chi connectivity index (χ1n) is 7.09. The molecule has 8 nitrogen and oxygen atoms in total. The van der Waals surface area contributed by atoms with Crippen LogP contribution in [0.5, 0.6) is 0 Å². The number of halogens is 3. The minimum Gasteiger partial charge on any atom is -0.480 e. The molecule has 0 aliphatic rings. The fourth-order valence-electron chi connectivity index (χ4n) is 2.12. The number of carboxylic acids is 1. The normalized spacial score (nSPS) is 11.8. The number of benzene rings is 2. The van der Waals surface area contributed by atoms with Gasteiger partial charge in [-0.1, -0.05) is 0 Å². The summed E-state index contributed by atoms with van der Waals surface area (Å²) in [6, 6.07) is 6.55. The molecule has 0 fully saturated rings. The molecule has 144 valence electrons. The summed E-state index contributed by atoms with van der Waals surface area (Å²) in [5, 5.41) is 19.6. The molecular formula is C15H11F3N2O6S. The second-order valence-electron chi connectivity index (χ2n) is 5.20. The Morgan fingerprint density at radius 2 is 1.59 bits per heavy atom. The number of hydrogen-bond acceptors (Lipinski definition) is 5. The van der Waals surface area contributed by atoms with E-state index < -0.39 is 44.1 Å². The molecule has 2 rings (SSSR count). The van der Waals surface area contributed by atoms with E-state index in [1.807, 2.05) is 0 Å². The van der Waals surface area contributed by atoms with Crippen LogP contribution in [0.3, 0.4) is 0 Å². The summed E-state index contributed by atoms with van der Waals surface area (Å²) in [5.74, 6) is -1.54. The van der Waals surface area contributed by atoms with E-state index in [2.05, 4.69) is 0 Å². The number of alkyl halides is 3. The van der Waals surface area contributed by atoms with Gasteiger partial charge in [-0.25, -0.2) is 8.42 Å². The molecule has 0 bridgehead atoms. The van der Waals surface area contributed by atoms with E-state index in [0.717, 1.165) is 36.4 Å². The van der Waals surface area contributed by atoms with Gasteiger partial charge in [0.25, 0.3) is 15.7 Å². The van der Waals surface area contributed by atoms with Crippen LogP contribution in [-0.4, -0.2) is 31.0 Å². The molecule has 0 atom stereocenters. The number of nitrogens with zero attached hydrogens (tertiary/aromatic N) is 2. The SMILES string of the molecule is O=C(O)CN(c1ccc(C(F)(F)F)cc1)S(=O)(=O)c1ccc([N+](=O)[O-])cc1. The summed E-state index contributed by atoms with van der Waals surface area (Å²) in [5.41, 5.74) is -1.72. The zero-order valence-electron chi connectivity index (χ0n) is 13.3. The van der Waals surface area contributed by atoms with Crippen LogP contribution in [-0.2, 0) is 21.0 Å². The van der Waals surface area contributed by atoms with E-state index in [-0.39, 0.29) is 11.4 Å². The van der Waals surface area contributed by atoms with Gasteiger partial charge in [0.05, 0.1) is 21.1 Å². The molecular weight excluding hydrogens is 393 g/mol. The molecule has 0 spiro atoms. The number of carbonyl (C=O) groups is 1. The largest absolute Gasteiger partial charge is 0.480 e. The van der Waals surface area contributed by atoms with Crippen molar-refractivity contribution in [1.29, 1.82) is 0 Å². The zero-order chi connectivity index (χ0) is 20.4. The van der Waals surface area contributed by atoms with Crippen molar-refractivity contribution in [2.75, 3.05) is 10.8 Å². The number of nitro benzene ring substituents is 1. The highest BCUT2D eigenvalue weighted by Crippen LogP contribution is 2.32. The molecule has 0 saturated heterocycles. The maximum atomic E-state index is 12.7. The molecule has 0 amide bonds. The molecule has 12 heteroatoms. The Morgan fingerprint density at radius 3 is 2.00 bits per heavy atom. The number of sulfonamides is 1. The van der Waals surface area contributed by atoms with Crippen molar-refractivity contribution < 1.29 is 36.4 Å². The highest BCUT2D eigenvalue weighted by molar-refractivity contribution is 7.92. The quantitative estimate of drug-likeness (QED) is 0.584. The summed E-state index contributed by atoms with van der Waals surface area (Å²) in [7, 11) is -4.49. The summed E-state index contributed by atoms with van der Waals surface area (Å²) >= 11 is 0. The van der Waals surface area contributed by atoms with Gasteiger partial charge in [-0.3, -0.25) is 19.2 Å². The van der Waals surface area contributed by atoms with Crippen molar-refractivity contribution in [3.05, 3.63) is 64.2 Å². The van der Waals surface area contributed by atoms with Crippen LogP contribution in [0.15, 0.2) is 53.4 Å². The van der Waals surface area contributed by atoms with Crippen molar-refractivity contribution in [2.45, 2.75) is 11.1 Å². The van der Waals surface area contributed by atoms with E-state index in [4.69, 9.17) is 5.11 Å². The lowest BCUT2D eigenvalue weighted by Crippen LogP contribution is -2.35. The number of nitro groups is 1. The zero-order valence-corrected chi connectivity index (χ0v) is 14.1. The Kier molecular flexibility index (Phi) is 5.40. The first kappa shape index (κ1) is 20.2. The standard InChI is InChI=1S/C15H11F3N2O6S/c16-15(17,18)10-1-3-11(4-2-10)19(9-14(21)22)27(25,26)13-7-5-12(6-8-13)20(23)24/h1-8H,9H2,(H,21,22). The van der Waals surface area contributed by atoms with Gasteiger partial charge >= 0.3 is 12.1 Å².